The van der Waals surface area contributed by atoms with Gasteiger partial charge in [0.25, 0.3) is 5.91 Å². The van der Waals surface area contributed by atoms with Crippen LogP contribution >= 0.6 is 0 Å². The van der Waals surface area contributed by atoms with Gasteiger partial charge in [0.05, 0.1) is 5.92 Å². The molecule has 1 amide bonds. The molecule has 4 nitrogen and oxygen atoms in total. The molecule has 0 spiro atoms. The molecule has 1 aromatic rings. The molecule has 1 heterocycles. The lowest BCUT2D eigenvalue weighted by atomic mass is 9.89. The Labute approximate surface area is 133 Å². The van der Waals surface area contributed by atoms with Gasteiger partial charge in [0.1, 0.15) is 5.69 Å². The zero-order chi connectivity index (χ0) is 17.8. The van der Waals surface area contributed by atoms with E-state index in [0.717, 1.165) is 0 Å². The number of benzene rings is 1. The molecule has 1 aromatic carbocycles. The molecular weight excluding hydrogens is 330 g/mol. The van der Waals surface area contributed by atoms with Crippen LogP contribution in [-0.4, -0.2) is 17.5 Å². The number of Topliss-reactive ketones (excluding diaryl/α,β-unsaturated/α-hetero) is 2. The maximum atomic E-state index is 14.0. The Kier molecular flexibility index (Phi) is 3.62. The number of anilines is 1. The van der Waals surface area contributed by atoms with Crippen molar-refractivity contribution in [3.63, 3.8) is 0 Å². The molecule has 0 bridgehead atoms. The quantitative estimate of drug-likeness (QED) is 0.473. The van der Waals surface area contributed by atoms with E-state index in [1.54, 1.807) is 0 Å². The Balaban J connectivity index is 2.21. The first-order valence-corrected chi connectivity index (χ1v) is 6.87. The second-order valence-electron chi connectivity index (χ2n) is 5.42. The van der Waals surface area contributed by atoms with Crippen molar-refractivity contribution in [2.24, 2.45) is 5.92 Å². The van der Waals surface area contributed by atoms with Gasteiger partial charge in [-0.05, 0) is 25.0 Å². The number of halogens is 4. The molecule has 24 heavy (non-hydrogen) atoms. The van der Waals surface area contributed by atoms with Crippen LogP contribution < -0.4 is 4.90 Å². The second kappa shape index (κ2) is 5.40. The fourth-order valence-electron chi connectivity index (χ4n) is 2.78. The predicted molar refractivity (Wildman–Crippen MR) is 73.7 cm³/mol. The highest BCUT2D eigenvalue weighted by Gasteiger charge is 2.47. The summed E-state index contributed by atoms with van der Waals surface area (Å²) in [6.45, 7) is 1.27. The van der Waals surface area contributed by atoms with E-state index < -0.39 is 46.6 Å². The van der Waals surface area contributed by atoms with Gasteiger partial charge >= 0.3 is 0 Å². The van der Waals surface area contributed by atoms with Crippen molar-refractivity contribution in [2.75, 3.05) is 4.90 Å². The monoisotopic (exact) mass is 339 g/mol. The Morgan fingerprint density at radius 2 is 1.67 bits per heavy atom. The van der Waals surface area contributed by atoms with Crippen LogP contribution in [0.5, 0.6) is 0 Å². The molecule has 1 aliphatic heterocycles. The van der Waals surface area contributed by atoms with Crippen molar-refractivity contribution >= 4 is 23.2 Å². The zero-order valence-corrected chi connectivity index (χ0v) is 12.2. The average molecular weight is 339 g/mol. The van der Waals surface area contributed by atoms with Gasteiger partial charge in [0, 0.05) is 11.8 Å². The first-order chi connectivity index (χ1) is 11.2. The normalized spacial score (nSPS) is 20.0. The van der Waals surface area contributed by atoms with E-state index in [-0.39, 0.29) is 29.5 Å². The van der Waals surface area contributed by atoms with Crippen LogP contribution in [0.2, 0.25) is 0 Å². The molecular formula is C16H9F4NO3. The van der Waals surface area contributed by atoms with Gasteiger partial charge in [0.15, 0.2) is 29.1 Å². The molecule has 1 atom stereocenters. The highest BCUT2D eigenvalue weighted by atomic mass is 19.2. The molecule has 2 aliphatic rings. The number of carbonyl (C=O) groups is 3. The summed E-state index contributed by atoms with van der Waals surface area (Å²) >= 11 is 0. The largest absolute Gasteiger partial charge is 0.299 e. The van der Waals surface area contributed by atoms with Gasteiger partial charge in [-0.2, -0.15) is 0 Å². The average Bonchev–Trinajstić information content (AvgIpc) is 2.78. The summed E-state index contributed by atoms with van der Waals surface area (Å²) in [5.41, 5.74) is -1.14. The molecule has 1 saturated heterocycles. The predicted octanol–water partition coefficient (Wildman–Crippen LogP) is 2.58. The summed E-state index contributed by atoms with van der Waals surface area (Å²) in [6, 6.07) is 0.0109. The number of ketones is 2. The Hall–Kier alpha value is -2.77. The molecule has 1 fully saturated rings. The molecule has 8 heteroatoms. The number of hydrogen-bond acceptors (Lipinski definition) is 3. The Morgan fingerprint density at radius 3 is 2.21 bits per heavy atom. The minimum absolute atomic E-state index is 0.0109. The fourth-order valence-corrected chi connectivity index (χ4v) is 2.78. The van der Waals surface area contributed by atoms with Gasteiger partial charge in [-0.25, -0.2) is 17.6 Å². The second-order valence-corrected chi connectivity index (χ2v) is 5.42. The van der Waals surface area contributed by atoms with Crippen molar-refractivity contribution in [3.05, 3.63) is 52.8 Å². The fraction of sp³-hybridized carbons (Fsp3) is 0.188. The minimum Gasteiger partial charge on any atom is -0.295 e. The lowest BCUT2D eigenvalue weighted by Crippen LogP contribution is -2.28. The van der Waals surface area contributed by atoms with E-state index >= 15 is 0 Å². The summed E-state index contributed by atoms with van der Waals surface area (Å²) in [7, 11) is 0. The molecule has 1 unspecified atom stereocenters. The van der Waals surface area contributed by atoms with Crippen LogP contribution in [0.15, 0.2) is 29.5 Å². The topological polar surface area (TPSA) is 54.5 Å². The number of allylic oxidation sites excluding steroid dienone is 4. The van der Waals surface area contributed by atoms with Crippen molar-refractivity contribution in [1.29, 1.82) is 0 Å². The lowest BCUT2D eigenvalue weighted by Gasteiger charge is -2.23. The number of nitrogens with zero attached hydrogens (tertiary/aromatic N) is 1. The van der Waals surface area contributed by atoms with Crippen molar-refractivity contribution < 1.29 is 31.9 Å². The van der Waals surface area contributed by atoms with Gasteiger partial charge in [-0.1, -0.05) is 6.08 Å². The Morgan fingerprint density at radius 1 is 1.08 bits per heavy atom. The highest BCUT2D eigenvalue weighted by Crippen LogP contribution is 2.40. The summed E-state index contributed by atoms with van der Waals surface area (Å²) in [5.74, 6) is -10.7. The maximum Gasteiger partial charge on any atom is 0.299 e. The highest BCUT2D eigenvalue weighted by molar-refractivity contribution is 6.46. The molecule has 0 saturated carbocycles. The molecule has 1 aliphatic carbocycles. The van der Waals surface area contributed by atoms with Gasteiger partial charge in [-0.15, -0.1) is 0 Å². The van der Waals surface area contributed by atoms with E-state index in [0.29, 0.717) is 4.90 Å². The van der Waals surface area contributed by atoms with Crippen molar-refractivity contribution in [1.82, 2.24) is 0 Å². The van der Waals surface area contributed by atoms with E-state index in [4.69, 9.17) is 0 Å². The molecule has 0 radical (unpaired) electrons. The molecule has 124 valence electrons. The van der Waals surface area contributed by atoms with E-state index in [9.17, 15) is 31.9 Å². The number of fused-ring (bicyclic) bond motifs is 1. The van der Waals surface area contributed by atoms with Gasteiger partial charge in [-0.3, -0.25) is 19.3 Å². The number of carbonyl (C=O) groups excluding carboxylic acids is 3. The minimum atomic E-state index is -1.78. The summed E-state index contributed by atoms with van der Waals surface area (Å²) in [5, 5.41) is 0. The summed E-state index contributed by atoms with van der Waals surface area (Å²) < 4.78 is 54.8. The molecule has 3 rings (SSSR count). The van der Waals surface area contributed by atoms with Crippen LogP contribution in [0.3, 0.4) is 0 Å². The molecule has 0 aromatic heterocycles. The smallest absolute Gasteiger partial charge is 0.295 e. The van der Waals surface area contributed by atoms with Crippen LogP contribution in [0.4, 0.5) is 23.2 Å². The SMILES string of the molecule is CC(=O)C1=CC=C2C(C1)C(=O)C(=O)N2c1c(F)c(F)cc(F)c1F. The van der Waals surface area contributed by atoms with Gasteiger partial charge in [0.2, 0.25) is 5.78 Å². The summed E-state index contributed by atoms with van der Waals surface area (Å²) in [4.78, 5) is 35.9. The van der Waals surface area contributed by atoms with Crippen LogP contribution in [0, 0.1) is 29.2 Å². The number of rotatable bonds is 2. The third kappa shape index (κ3) is 2.17. The number of hydrogen-bond donors (Lipinski definition) is 0. The standard InChI is InChI=1S/C16H9F4NO3/c1-6(22)7-2-3-11-8(4-7)15(23)16(24)21(11)14-12(19)9(17)5-10(18)13(14)20/h2-3,5,8H,4H2,1H3. The summed E-state index contributed by atoms with van der Waals surface area (Å²) in [6.07, 6.45) is 2.36. The molecule has 0 N–H and O–H groups in total. The van der Waals surface area contributed by atoms with E-state index in [2.05, 4.69) is 0 Å². The Bertz CT molecular complexity index is 846. The van der Waals surface area contributed by atoms with E-state index in [1.165, 1.54) is 19.1 Å². The zero-order valence-electron chi connectivity index (χ0n) is 12.2. The third-order valence-electron chi connectivity index (χ3n) is 3.99. The van der Waals surface area contributed by atoms with Gasteiger partial charge < -0.3 is 0 Å². The van der Waals surface area contributed by atoms with Crippen LogP contribution in [-0.2, 0) is 14.4 Å². The van der Waals surface area contributed by atoms with Crippen molar-refractivity contribution in [3.8, 4) is 0 Å². The van der Waals surface area contributed by atoms with Crippen molar-refractivity contribution in [2.45, 2.75) is 13.3 Å². The maximum absolute atomic E-state index is 14.0. The first kappa shape index (κ1) is 16.1. The lowest BCUT2D eigenvalue weighted by molar-refractivity contribution is -0.135. The third-order valence-corrected chi connectivity index (χ3v) is 3.99. The van der Waals surface area contributed by atoms with Crippen LogP contribution in [0.1, 0.15) is 13.3 Å². The first-order valence-electron chi connectivity index (χ1n) is 6.87. The van der Waals surface area contributed by atoms with Crippen LogP contribution in [0.25, 0.3) is 0 Å². The van der Waals surface area contributed by atoms with E-state index in [1.807, 2.05) is 0 Å². The number of amides is 1.